The lowest BCUT2D eigenvalue weighted by Gasteiger charge is -2.22. The molecule has 1 aliphatic carbocycles. The van der Waals surface area contributed by atoms with Crippen molar-refractivity contribution >= 4 is 17.8 Å². The number of ether oxygens (including phenoxy) is 1. The average Bonchev–Trinajstić information content (AvgIpc) is 3.14. The van der Waals surface area contributed by atoms with Crippen molar-refractivity contribution in [2.24, 2.45) is 5.92 Å². The molecule has 2 aromatic rings. The molecular formula is C19H22N2O3. The van der Waals surface area contributed by atoms with Crippen molar-refractivity contribution in [3.8, 4) is 5.75 Å². The van der Waals surface area contributed by atoms with Crippen LogP contribution in [0.2, 0.25) is 0 Å². The third kappa shape index (κ3) is 4.72. The van der Waals surface area contributed by atoms with Crippen LogP contribution >= 0.6 is 0 Å². The van der Waals surface area contributed by atoms with Crippen molar-refractivity contribution in [1.29, 1.82) is 0 Å². The highest BCUT2D eigenvalue weighted by Gasteiger charge is 2.15. The van der Waals surface area contributed by atoms with Crippen molar-refractivity contribution < 1.29 is 13.9 Å². The van der Waals surface area contributed by atoms with E-state index in [4.69, 9.17) is 9.15 Å². The third-order valence-electron chi connectivity index (χ3n) is 4.15. The number of nitrogens with zero attached hydrogens (tertiary/aromatic N) is 1. The van der Waals surface area contributed by atoms with E-state index in [1.54, 1.807) is 30.7 Å². The molecule has 5 nitrogen and oxygen atoms in total. The zero-order valence-corrected chi connectivity index (χ0v) is 13.6. The molecule has 1 amide bonds. The quantitative estimate of drug-likeness (QED) is 0.805. The number of pyridine rings is 1. The summed E-state index contributed by atoms with van der Waals surface area (Å²) in [6.07, 6.45) is 12.5. The van der Waals surface area contributed by atoms with Crippen LogP contribution < -0.4 is 10.1 Å². The zero-order valence-electron chi connectivity index (χ0n) is 13.6. The molecule has 0 aliphatic heterocycles. The van der Waals surface area contributed by atoms with Gasteiger partial charge in [-0.05, 0) is 49.1 Å². The number of anilines is 1. The van der Waals surface area contributed by atoms with Crippen LogP contribution in [0.15, 0.2) is 47.2 Å². The molecule has 0 atom stereocenters. The Hall–Kier alpha value is -2.56. The summed E-state index contributed by atoms with van der Waals surface area (Å²) in [6, 6.07) is 7.20. The number of rotatable bonds is 6. The van der Waals surface area contributed by atoms with Gasteiger partial charge >= 0.3 is 0 Å². The van der Waals surface area contributed by atoms with Crippen molar-refractivity contribution in [3.05, 3.63) is 48.6 Å². The first-order valence-electron chi connectivity index (χ1n) is 8.41. The molecule has 0 saturated heterocycles. The predicted molar refractivity (Wildman–Crippen MR) is 92.7 cm³/mol. The molecule has 2 aromatic heterocycles. The Balaban J connectivity index is 1.57. The van der Waals surface area contributed by atoms with E-state index >= 15 is 0 Å². The highest BCUT2D eigenvalue weighted by Crippen LogP contribution is 2.27. The van der Waals surface area contributed by atoms with Crippen molar-refractivity contribution in [3.63, 3.8) is 0 Å². The Morgan fingerprint density at radius 3 is 2.96 bits per heavy atom. The van der Waals surface area contributed by atoms with Gasteiger partial charge in [0.2, 0.25) is 5.91 Å². The number of carbonyl (C=O) groups is 1. The summed E-state index contributed by atoms with van der Waals surface area (Å²) in [5.41, 5.74) is 0. The largest absolute Gasteiger partial charge is 0.489 e. The maximum atomic E-state index is 12.0. The minimum absolute atomic E-state index is 0.271. The van der Waals surface area contributed by atoms with Gasteiger partial charge in [-0.2, -0.15) is 0 Å². The summed E-state index contributed by atoms with van der Waals surface area (Å²) in [7, 11) is 0. The summed E-state index contributed by atoms with van der Waals surface area (Å²) < 4.78 is 11.1. The molecule has 0 aromatic carbocycles. The molecular weight excluding hydrogens is 304 g/mol. The van der Waals surface area contributed by atoms with Crippen LogP contribution in [0.5, 0.6) is 5.75 Å². The van der Waals surface area contributed by atoms with Crippen LogP contribution in [-0.4, -0.2) is 17.5 Å². The van der Waals surface area contributed by atoms with Gasteiger partial charge in [0.05, 0.1) is 12.9 Å². The van der Waals surface area contributed by atoms with Crippen LogP contribution in [0.4, 0.5) is 5.82 Å². The van der Waals surface area contributed by atoms with Crippen molar-refractivity contribution in [2.75, 3.05) is 11.9 Å². The molecule has 1 saturated carbocycles. The van der Waals surface area contributed by atoms with Gasteiger partial charge in [0.25, 0.3) is 0 Å². The molecule has 1 fully saturated rings. The van der Waals surface area contributed by atoms with Crippen LogP contribution in [0.25, 0.3) is 6.08 Å². The monoisotopic (exact) mass is 326 g/mol. The van der Waals surface area contributed by atoms with E-state index in [1.165, 1.54) is 38.2 Å². The van der Waals surface area contributed by atoms with E-state index < -0.39 is 0 Å². The molecule has 0 unspecified atom stereocenters. The van der Waals surface area contributed by atoms with Crippen LogP contribution in [0.3, 0.4) is 0 Å². The Labute approximate surface area is 141 Å². The highest BCUT2D eigenvalue weighted by atomic mass is 16.5. The molecule has 2 heterocycles. The summed E-state index contributed by atoms with van der Waals surface area (Å²) in [4.78, 5) is 16.2. The summed E-state index contributed by atoms with van der Waals surface area (Å²) >= 11 is 0. The van der Waals surface area contributed by atoms with E-state index in [-0.39, 0.29) is 5.91 Å². The molecule has 1 aliphatic rings. The van der Waals surface area contributed by atoms with Gasteiger partial charge in [0, 0.05) is 12.3 Å². The summed E-state index contributed by atoms with van der Waals surface area (Å²) in [6.45, 7) is 0.677. The maximum Gasteiger partial charge on any atom is 0.249 e. The fourth-order valence-electron chi connectivity index (χ4n) is 2.86. The fourth-order valence-corrected chi connectivity index (χ4v) is 2.86. The number of furan rings is 1. The van der Waals surface area contributed by atoms with Crippen molar-refractivity contribution in [2.45, 2.75) is 32.1 Å². The highest BCUT2D eigenvalue weighted by molar-refractivity contribution is 6.01. The van der Waals surface area contributed by atoms with Gasteiger partial charge in [0.1, 0.15) is 5.76 Å². The standard InChI is InChI=1S/C19H22N2O3/c22-18(11-10-16-8-5-13-23-16)21-19-17(9-4-12-20-19)24-14-15-6-2-1-3-7-15/h4-5,8-13,15H,1-3,6-7,14H2,(H,20,21,22)/b11-10+. The second kappa shape index (κ2) is 8.34. The number of aromatic nitrogens is 1. The SMILES string of the molecule is O=C(/C=C/c1ccco1)Nc1ncccc1OCC1CCCCC1. The van der Waals surface area contributed by atoms with E-state index in [0.717, 1.165) is 0 Å². The van der Waals surface area contributed by atoms with Gasteiger partial charge < -0.3 is 14.5 Å². The molecule has 1 N–H and O–H groups in total. The first-order chi connectivity index (χ1) is 11.8. The normalized spacial score (nSPS) is 15.5. The van der Waals surface area contributed by atoms with E-state index in [1.807, 2.05) is 12.1 Å². The molecule has 0 radical (unpaired) electrons. The fraction of sp³-hybridized carbons (Fsp3) is 0.368. The number of hydrogen-bond donors (Lipinski definition) is 1. The minimum Gasteiger partial charge on any atom is -0.489 e. The third-order valence-corrected chi connectivity index (χ3v) is 4.15. The molecule has 5 heteroatoms. The lowest BCUT2D eigenvalue weighted by Crippen LogP contribution is -2.17. The van der Waals surface area contributed by atoms with Gasteiger partial charge in [-0.15, -0.1) is 0 Å². The summed E-state index contributed by atoms with van der Waals surface area (Å²) in [5, 5.41) is 2.76. The van der Waals surface area contributed by atoms with Crippen LogP contribution in [0, 0.1) is 5.92 Å². The van der Waals surface area contributed by atoms with E-state index in [2.05, 4.69) is 10.3 Å². The average molecular weight is 326 g/mol. The second-order valence-electron chi connectivity index (χ2n) is 6.00. The lowest BCUT2D eigenvalue weighted by atomic mass is 9.90. The minimum atomic E-state index is -0.271. The van der Waals surface area contributed by atoms with E-state index in [0.29, 0.717) is 29.9 Å². The number of amides is 1. The Morgan fingerprint density at radius 1 is 1.29 bits per heavy atom. The molecule has 3 rings (SSSR count). The second-order valence-corrected chi connectivity index (χ2v) is 6.00. The van der Waals surface area contributed by atoms with Gasteiger partial charge in [-0.3, -0.25) is 4.79 Å². The lowest BCUT2D eigenvalue weighted by molar-refractivity contribution is -0.111. The Kier molecular flexibility index (Phi) is 5.66. The van der Waals surface area contributed by atoms with Gasteiger partial charge in [0.15, 0.2) is 11.6 Å². The molecule has 126 valence electrons. The molecule has 0 spiro atoms. The Morgan fingerprint density at radius 2 is 2.17 bits per heavy atom. The molecule has 24 heavy (non-hydrogen) atoms. The predicted octanol–water partition coefficient (Wildman–Crippen LogP) is 4.29. The molecule has 0 bridgehead atoms. The van der Waals surface area contributed by atoms with Gasteiger partial charge in [-0.25, -0.2) is 4.98 Å². The number of hydrogen-bond acceptors (Lipinski definition) is 4. The topological polar surface area (TPSA) is 64.4 Å². The zero-order chi connectivity index (χ0) is 16.6. The maximum absolute atomic E-state index is 12.0. The van der Waals surface area contributed by atoms with Crippen LogP contribution in [-0.2, 0) is 4.79 Å². The first kappa shape index (κ1) is 16.3. The van der Waals surface area contributed by atoms with Gasteiger partial charge in [-0.1, -0.05) is 19.3 Å². The van der Waals surface area contributed by atoms with Crippen molar-refractivity contribution in [1.82, 2.24) is 4.98 Å². The number of carbonyl (C=O) groups excluding carboxylic acids is 1. The van der Waals surface area contributed by atoms with E-state index in [9.17, 15) is 4.79 Å². The van der Waals surface area contributed by atoms with Crippen LogP contribution in [0.1, 0.15) is 37.9 Å². The summed E-state index contributed by atoms with van der Waals surface area (Å²) in [5.74, 6) is 2.01. The number of nitrogens with one attached hydrogen (secondary N) is 1. The smallest absolute Gasteiger partial charge is 0.249 e. The first-order valence-corrected chi connectivity index (χ1v) is 8.41. The Bertz CT molecular complexity index is 674.